The molecule has 0 aromatic rings. The maximum Gasteiger partial charge on any atom is 0.0105 e. The van der Waals surface area contributed by atoms with Crippen LogP contribution in [0.15, 0.2) is 11.6 Å². The van der Waals surface area contributed by atoms with Gasteiger partial charge >= 0.3 is 0 Å². The van der Waals surface area contributed by atoms with Crippen LogP contribution in [-0.2, 0) is 0 Å². The molecule has 3 rings (SSSR count). The van der Waals surface area contributed by atoms with Gasteiger partial charge in [0, 0.05) is 6.04 Å². The zero-order valence-electron chi connectivity index (χ0n) is 10.2. The first-order valence-corrected chi connectivity index (χ1v) is 6.38. The Bertz CT molecular complexity index is 332. The van der Waals surface area contributed by atoms with E-state index in [2.05, 4.69) is 26.8 Å². The van der Waals surface area contributed by atoms with Crippen molar-refractivity contribution in [2.45, 2.75) is 52.5 Å². The lowest BCUT2D eigenvalue weighted by Gasteiger charge is -2.45. The molecule has 5 unspecified atom stereocenters. The van der Waals surface area contributed by atoms with E-state index in [1.54, 1.807) is 5.57 Å². The van der Waals surface area contributed by atoms with Crippen molar-refractivity contribution in [2.75, 3.05) is 0 Å². The minimum Gasteiger partial charge on any atom is -0.327 e. The highest BCUT2D eigenvalue weighted by Gasteiger charge is 2.58. The van der Waals surface area contributed by atoms with E-state index in [1.807, 2.05) is 0 Å². The summed E-state index contributed by atoms with van der Waals surface area (Å²) in [6.07, 6.45) is 7.87. The van der Waals surface area contributed by atoms with Gasteiger partial charge in [-0.1, -0.05) is 32.4 Å². The Morgan fingerprint density at radius 3 is 2.80 bits per heavy atom. The third-order valence-electron chi connectivity index (χ3n) is 5.31. The topological polar surface area (TPSA) is 26.0 Å². The second kappa shape index (κ2) is 2.68. The molecule has 0 saturated heterocycles. The standard InChI is InChI=1S/C14H23N/c1-9-4-10-5-14(3)8-13(2,6-11(10)14)7-12(9)15/h4,9,11-12H,5-8,15H2,1-3H3. The van der Waals surface area contributed by atoms with E-state index in [1.165, 1.54) is 25.7 Å². The quantitative estimate of drug-likeness (QED) is 0.604. The van der Waals surface area contributed by atoms with Crippen LogP contribution >= 0.6 is 0 Å². The molecule has 5 atom stereocenters. The predicted octanol–water partition coefficient (Wildman–Crippen LogP) is 3.11. The Kier molecular flexibility index (Phi) is 1.77. The van der Waals surface area contributed by atoms with Gasteiger partial charge in [-0.15, -0.1) is 0 Å². The van der Waals surface area contributed by atoms with Gasteiger partial charge in [0.05, 0.1) is 0 Å². The van der Waals surface area contributed by atoms with Gasteiger partial charge in [-0.2, -0.15) is 0 Å². The van der Waals surface area contributed by atoms with Crippen LogP contribution in [-0.4, -0.2) is 6.04 Å². The third-order valence-corrected chi connectivity index (χ3v) is 5.31. The summed E-state index contributed by atoms with van der Waals surface area (Å²) in [6.45, 7) is 7.25. The van der Waals surface area contributed by atoms with Crippen LogP contribution < -0.4 is 5.73 Å². The Hall–Kier alpha value is -0.300. The molecule has 0 spiro atoms. The van der Waals surface area contributed by atoms with Crippen molar-refractivity contribution >= 4 is 0 Å². The van der Waals surface area contributed by atoms with Crippen LogP contribution in [0, 0.1) is 22.7 Å². The van der Waals surface area contributed by atoms with Crippen LogP contribution in [0.4, 0.5) is 0 Å². The van der Waals surface area contributed by atoms with Crippen molar-refractivity contribution in [1.29, 1.82) is 0 Å². The van der Waals surface area contributed by atoms with Crippen molar-refractivity contribution in [3.8, 4) is 0 Å². The average Bonchev–Trinajstić information content (AvgIpc) is 2.33. The Morgan fingerprint density at radius 1 is 1.33 bits per heavy atom. The normalized spacial score (nSPS) is 57.9. The summed E-state index contributed by atoms with van der Waals surface area (Å²) in [5.41, 5.74) is 9.18. The molecule has 0 aromatic carbocycles. The molecule has 2 fully saturated rings. The average molecular weight is 205 g/mol. The lowest BCUT2D eigenvalue weighted by Crippen LogP contribution is -2.37. The lowest BCUT2D eigenvalue weighted by atomic mass is 9.59. The Balaban J connectivity index is 2.01. The van der Waals surface area contributed by atoms with Gasteiger partial charge in [0.2, 0.25) is 0 Å². The molecular weight excluding hydrogens is 182 g/mol. The molecule has 1 heteroatoms. The van der Waals surface area contributed by atoms with Gasteiger partial charge < -0.3 is 5.73 Å². The number of nitrogens with two attached hydrogens (primary N) is 1. The first-order chi connectivity index (χ1) is 6.92. The molecule has 0 amide bonds. The number of fused-ring (bicyclic) bond motifs is 1. The summed E-state index contributed by atoms with van der Waals surface area (Å²) in [4.78, 5) is 0. The first-order valence-electron chi connectivity index (χ1n) is 6.38. The summed E-state index contributed by atoms with van der Waals surface area (Å²) in [5.74, 6) is 1.49. The van der Waals surface area contributed by atoms with Crippen molar-refractivity contribution in [3.05, 3.63) is 11.6 Å². The zero-order chi connectivity index (χ0) is 10.8. The Morgan fingerprint density at radius 2 is 2.07 bits per heavy atom. The number of hydrogen-bond donors (Lipinski definition) is 1. The number of allylic oxidation sites excluding steroid dienone is 1. The van der Waals surface area contributed by atoms with Gasteiger partial charge in [0.1, 0.15) is 0 Å². The van der Waals surface area contributed by atoms with E-state index < -0.39 is 0 Å². The van der Waals surface area contributed by atoms with E-state index in [0.29, 0.717) is 22.8 Å². The van der Waals surface area contributed by atoms with Crippen molar-refractivity contribution in [1.82, 2.24) is 0 Å². The summed E-state index contributed by atoms with van der Waals surface area (Å²) < 4.78 is 0. The highest BCUT2D eigenvalue weighted by molar-refractivity contribution is 5.30. The van der Waals surface area contributed by atoms with Crippen LogP contribution in [0.3, 0.4) is 0 Å². The molecular formula is C14H23N. The van der Waals surface area contributed by atoms with Crippen LogP contribution in [0.5, 0.6) is 0 Å². The number of rotatable bonds is 0. The molecule has 0 aromatic heterocycles. The van der Waals surface area contributed by atoms with E-state index in [-0.39, 0.29) is 0 Å². The van der Waals surface area contributed by atoms with Gasteiger partial charge in [-0.3, -0.25) is 0 Å². The summed E-state index contributed by atoms with van der Waals surface area (Å²) in [7, 11) is 0. The fourth-order valence-electron chi connectivity index (χ4n) is 4.68. The molecule has 1 nitrogen and oxygen atoms in total. The maximum absolute atomic E-state index is 6.30. The molecule has 0 aliphatic heterocycles. The highest BCUT2D eigenvalue weighted by Crippen LogP contribution is 2.67. The van der Waals surface area contributed by atoms with Crippen molar-refractivity contribution in [3.63, 3.8) is 0 Å². The second-order valence-corrected chi connectivity index (χ2v) is 7.04. The van der Waals surface area contributed by atoms with Crippen LogP contribution in [0.2, 0.25) is 0 Å². The van der Waals surface area contributed by atoms with Crippen LogP contribution in [0.25, 0.3) is 0 Å². The third kappa shape index (κ3) is 1.25. The summed E-state index contributed by atoms with van der Waals surface area (Å²) in [6, 6.07) is 0.381. The van der Waals surface area contributed by atoms with E-state index in [4.69, 9.17) is 5.73 Å². The molecule has 3 aliphatic rings. The molecule has 2 N–H and O–H groups in total. The van der Waals surface area contributed by atoms with E-state index in [0.717, 1.165) is 5.92 Å². The summed E-state index contributed by atoms with van der Waals surface area (Å²) in [5, 5.41) is 0. The van der Waals surface area contributed by atoms with Gasteiger partial charge in [-0.05, 0) is 48.3 Å². The number of hydrogen-bond acceptors (Lipinski definition) is 1. The minimum absolute atomic E-state index is 0.381. The molecule has 84 valence electrons. The van der Waals surface area contributed by atoms with Gasteiger partial charge in [-0.25, -0.2) is 0 Å². The van der Waals surface area contributed by atoms with Gasteiger partial charge in [0.15, 0.2) is 0 Å². The fraction of sp³-hybridized carbons (Fsp3) is 0.857. The zero-order valence-corrected chi connectivity index (χ0v) is 10.2. The van der Waals surface area contributed by atoms with Gasteiger partial charge in [0.25, 0.3) is 0 Å². The highest BCUT2D eigenvalue weighted by atomic mass is 14.7. The second-order valence-electron chi connectivity index (χ2n) is 7.04. The smallest absolute Gasteiger partial charge is 0.0105 e. The van der Waals surface area contributed by atoms with Crippen LogP contribution in [0.1, 0.15) is 46.5 Å². The van der Waals surface area contributed by atoms with E-state index >= 15 is 0 Å². The predicted molar refractivity (Wildman–Crippen MR) is 63.4 cm³/mol. The molecule has 3 aliphatic carbocycles. The largest absolute Gasteiger partial charge is 0.327 e. The first kappa shape index (κ1) is 9.89. The molecule has 0 radical (unpaired) electrons. The molecule has 2 bridgehead atoms. The minimum atomic E-state index is 0.381. The molecule has 15 heavy (non-hydrogen) atoms. The molecule has 2 saturated carbocycles. The monoisotopic (exact) mass is 205 g/mol. The fourth-order valence-corrected chi connectivity index (χ4v) is 4.68. The lowest BCUT2D eigenvalue weighted by molar-refractivity contribution is 0.163. The maximum atomic E-state index is 6.30. The Labute approximate surface area is 93.1 Å². The summed E-state index contributed by atoms with van der Waals surface area (Å²) >= 11 is 0. The van der Waals surface area contributed by atoms with Crippen molar-refractivity contribution in [2.24, 2.45) is 28.4 Å². The molecule has 0 heterocycles. The SMILES string of the molecule is CC1C=C2CC3(C)CC(C)(CC1N)CC23. The van der Waals surface area contributed by atoms with Crippen molar-refractivity contribution < 1.29 is 0 Å². The van der Waals surface area contributed by atoms with E-state index in [9.17, 15) is 0 Å².